The summed E-state index contributed by atoms with van der Waals surface area (Å²) in [6.45, 7) is 8.45. The summed E-state index contributed by atoms with van der Waals surface area (Å²) in [6.07, 6.45) is 9.11. The van der Waals surface area contributed by atoms with E-state index in [0.29, 0.717) is 11.5 Å². The van der Waals surface area contributed by atoms with Crippen LogP contribution in [0.5, 0.6) is 0 Å². The lowest BCUT2D eigenvalue weighted by molar-refractivity contribution is -0.120. The van der Waals surface area contributed by atoms with Crippen LogP contribution in [0.1, 0.15) is 79.1 Å². The van der Waals surface area contributed by atoms with Gasteiger partial charge in [-0.2, -0.15) is 0 Å². The Balaban J connectivity index is 2.23. The Kier molecular flexibility index (Phi) is 14.4. The van der Waals surface area contributed by atoms with Crippen molar-refractivity contribution in [3.05, 3.63) is 0 Å². The average molecular weight is 461 g/mol. The highest BCUT2D eigenvalue weighted by molar-refractivity contribution is 8.03. The second kappa shape index (κ2) is 16.0. The minimum absolute atomic E-state index is 0.0276. The molecule has 166 valence electrons. The SMILES string of the molecule is CCCCCC(C)NC(=O)CSc1nnc(SCC(=O)NC(C)CCCCC)s1. The quantitative estimate of drug-likeness (QED) is 0.270. The highest BCUT2D eigenvalue weighted by atomic mass is 32.2. The zero-order valence-electron chi connectivity index (χ0n) is 18.2. The van der Waals surface area contributed by atoms with E-state index in [4.69, 9.17) is 0 Å². The van der Waals surface area contributed by atoms with E-state index in [0.717, 1.165) is 34.4 Å². The minimum atomic E-state index is 0.0276. The monoisotopic (exact) mass is 460 g/mol. The molecule has 1 heterocycles. The summed E-state index contributed by atoms with van der Waals surface area (Å²) < 4.78 is 1.52. The molecular weight excluding hydrogens is 424 g/mol. The highest BCUT2D eigenvalue weighted by Crippen LogP contribution is 2.28. The van der Waals surface area contributed by atoms with E-state index in [1.807, 2.05) is 13.8 Å². The van der Waals surface area contributed by atoms with Crippen molar-refractivity contribution in [1.29, 1.82) is 0 Å². The second-order valence-corrected chi connectivity index (χ2v) is 10.8. The van der Waals surface area contributed by atoms with Crippen LogP contribution in [0.15, 0.2) is 8.68 Å². The van der Waals surface area contributed by atoms with Crippen LogP contribution in [0.3, 0.4) is 0 Å². The molecule has 0 aromatic carbocycles. The molecule has 2 N–H and O–H groups in total. The van der Waals surface area contributed by atoms with E-state index in [2.05, 4.69) is 34.7 Å². The third-order valence-electron chi connectivity index (χ3n) is 4.34. The topological polar surface area (TPSA) is 84.0 Å². The summed E-state index contributed by atoms with van der Waals surface area (Å²) in [5, 5.41) is 14.3. The van der Waals surface area contributed by atoms with Crippen molar-refractivity contribution in [2.45, 2.75) is 99.8 Å². The summed E-state index contributed by atoms with van der Waals surface area (Å²) in [4.78, 5) is 24.1. The Morgan fingerprint density at radius 3 is 1.62 bits per heavy atom. The van der Waals surface area contributed by atoms with E-state index >= 15 is 0 Å². The van der Waals surface area contributed by atoms with Crippen LogP contribution in [0.4, 0.5) is 0 Å². The zero-order chi connectivity index (χ0) is 21.5. The first-order valence-corrected chi connectivity index (χ1v) is 13.4. The fourth-order valence-corrected chi connectivity index (χ4v) is 5.39. The maximum absolute atomic E-state index is 12.0. The van der Waals surface area contributed by atoms with Gasteiger partial charge in [-0.15, -0.1) is 10.2 Å². The molecule has 1 aromatic rings. The van der Waals surface area contributed by atoms with Gasteiger partial charge in [0.2, 0.25) is 11.8 Å². The Morgan fingerprint density at radius 2 is 1.24 bits per heavy atom. The molecule has 1 rings (SSSR count). The van der Waals surface area contributed by atoms with Crippen molar-refractivity contribution in [2.24, 2.45) is 0 Å². The smallest absolute Gasteiger partial charge is 0.230 e. The first kappa shape index (κ1) is 26.2. The second-order valence-electron chi connectivity index (χ2n) is 7.34. The van der Waals surface area contributed by atoms with Gasteiger partial charge < -0.3 is 10.6 Å². The molecule has 9 heteroatoms. The van der Waals surface area contributed by atoms with Crippen molar-refractivity contribution in [3.8, 4) is 0 Å². The number of nitrogens with zero attached hydrogens (tertiary/aromatic N) is 2. The number of carbonyl (C=O) groups is 2. The summed E-state index contributed by atoms with van der Waals surface area (Å²) in [5.41, 5.74) is 0. The van der Waals surface area contributed by atoms with E-state index < -0.39 is 0 Å². The molecule has 0 radical (unpaired) electrons. The summed E-state index contributed by atoms with van der Waals surface area (Å²) in [7, 11) is 0. The molecule has 0 aliphatic carbocycles. The van der Waals surface area contributed by atoms with Crippen LogP contribution in [0, 0.1) is 0 Å². The van der Waals surface area contributed by atoms with Crippen LogP contribution in [-0.4, -0.2) is 45.6 Å². The van der Waals surface area contributed by atoms with Crippen molar-refractivity contribution in [2.75, 3.05) is 11.5 Å². The van der Waals surface area contributed by atoms with E-state index in [1.54, 1.807) is 0 Å². The summed E-state index contributed by atoms with van der Waals surface area (Å²) >= 11 is 4.22. The molecule has 0 aliphatic rings. The molecular formula is C20H36N4O2S3. The number of rotatable bonds is 16. The van der Waals surface area contributed by atoms with Gasteiger partial charge in [-0.25, -0.2) is 0 Å². The Morgan fingerprint density at radius 1 is 0.828 bits per heavy atom. The number of hydrogen-bond donors (Lipinski definition) is 2. The third kappa shape index (κ3) is 13.2. The molecule has 2 amide bonds. The fraction of sp³-hybridized carbons (Fsp3) is 0.800. The highest BCUT2D eigenvalue weighted by Gasteiger charge is 2.13. The van der Waals surface area contributed by atoms with Crippen LogP contribution in [0.25, 0.3) is 0 Å². The summed E-state index contributed by atoms with van der Waals surface area (Å²) in [5.74, 6) is 0.736. The molecule has 2 unspecified atom stereocenters. The molecule has 0 fully saturated rings. The predicted molar refractivity (Wildman–Crippen MR) is 125 cm³/mol. The van der Waals surface area contributed by atoms with Crippen molar-refractivity contribution >= 4 is 46.7 Å². The Bertz CT molecular complexity index is 550. The largest absolute Gasteiger partial charge is 0.353 e. The Labute approximate surface area is 188 Å². The van der Waals surface area contributed by atoms with Gasteiger partial charge in [0, 0.05) is 12.1 Å². The van der Waals surface area contributed by atoms with Crippen LogP contribution in [0.2, 0.25) is 0 Å². The molecule has 6 nitrogen and oxygen atoms in total. The number of thioether (sulfide) groups is 2. The van der Waals surface area contributed by atoms with Crippen LogP contribution < -0.4 is 10.6 Å². The number of unbranched alkanes of at least 4 members (excludes halogenated alkanes) is 4. The van der Waals surface area contributed by atoms with E-state index in [9.17, 15) is 9.59 Å². The third-order valence-corrected chi connectivity index (χ3v) is 7.53. The predicted octanol–water partition coefficient (Wildman–Crippen LogP) is 4.89. The Hall–Kier alpha value is -0.800. The number of nitrogens with one attached hydrogen (secondary N) is 2. The number of amides is 2. The maximum atomic E-state index is 12.0. The normalized spacial score (nSPS) is 13.1. The van der Waals surface area contributed by atoms with Gasteiger partial charge in [-0.05, 0) is 26.7 Å². The number of carbonyl (C=O) groups excluding carboxylic acids is 2. The van der Waals surface area contributed by atoms with E-state index in [1.165, 1.54) is 60.5 Å². The molecule has 2 atom stereocenters. The average Bonchev–Trinajstić information content (AvgIpc) is 3.13. The lowest BCUT2D eigenvalue weighted by Gasteiger charge is -2.13. The fourth-order valence-electron chi connectivity index (χ4n) is 2.75. The number of aromatic nitrogens is 2. The van der Waals surface area contributed by atoms with Gasteiger partial charge >= 0.3 is 0 Å². The minimum Gasteiger partial charge on any atom is -0.353 e. The molecule has 0 aliphatic heterocycles. The van der Waals surface area contributed by atoms with Gasteiger partial charge in [0.15, 0.2) is 8.68 Å². The molecule has 0 saturated carbocycles. The number of hydrogen-bond acceptors (Lipinski definition) is 7. The first-order chi connectivity index (χ1) is 13.9. The van der Waals surface area contributed by atoms with Gasteiger partial charge in [-0.1, -0.05) is 87.2 Å². The van der Waals surface area contributed by atoms with Crippen molar-refractivity contribution < 1.29 is 9.59 Å². The lowest BCUT2D eigenvalue weighted by atomic mass is 10.1. The molecule has 0 saturated heterocycles. The van der Waals surface area contributed by atoms with Crippen LogP contribution in [-0.2, 0) is 9.59 Å². The van der Waals surface area contributed by atoms with Gasteiger partial charge in [0.05, 0.1) is 11.5 Å². The van der Waals surface area contributed by atoms with Crippen molar-refractivity contribution in [1.82, 2.24) is 20.8 Å². The van der Waals surface area contributed by atoms with Crippen molar-refractivity contribution in [3.63, 3.8) is 0 Å². The first-order valence-electron chi connectivity index (χ1n) is 10.6. The maximum Gasteiger partial charge on any atom is 0.230 e. The zero-order valence-corrected chi connectivity index (χ0v) is 20.6. The van der Waals surface area contributed by atoms with Gasteiger partial charge in [-0.3, -0.25) is 9.59 Å². The van der Waals surface area contributed by atoms with Gasteiger partial charge in [0.25, 0.3) is 0 Å². The van der Waals surface area contributed by atoms with Gasteiger partial charge in [0.1, 0.15) is 0 Å². The molecule has 0 spiro atoms. The molecule has 0 bridgehead atoms. The summed E-state index contributed by atoms with van der Waals surface area (Å²) in [6, 6.07) is 0.413. The van der Waals surface area contributed by atoms with Crippen LogP contribution >= 0.6 is 34.9 Å². The molecule has 29 heavy (non-hydrogen) atoms. The molecule has 1 aromatic heterocycles. The standard InChI is InChI=1S/C20H36N4O2S3/c1-5-7-9-11-15(3)21-17(25)13-27-19-23-24-20(29-19)28-14-18(26)22-16(4)12-10-8-6-2/h15-16H,5-14H2,1-4H3,(H,21,25)(H,22,26). The van der Waals surface area contributed by atoms with E-state index in [-0.39, 0.29) is 23.9 Å². The lowest BCUT2D eigenvalue weighted by Crippen LogP contribution is -2.33.